The maximum absolute atomic E-state index is 12.0. The molecule has 0 aliphatic carbocycles. The predicted octanol–water partition coefficient (Wildman–Crippen LogP) is 0.383. The van der Waals surface area contributed by atoms with Crippen LogP contribution in [0.4, 0.5) is 0 Å². The fourth-order valence-corrected chi connectivity index (χ4v) is 4.51. The van der Waals surface area contributed by atoms with E-state index in [4.69, 9.17) is 0 Å². The van der Waals surface area contributed by atoms with Gasteiger partial charge in [-0.05, 0) is 24.5 Å². The first-order chi connectivity index (χ1) is 9.08. The summed E-state index contributed by atoms with van der Waals surface area (Å²) in [7, 11) is -3.22. The maximum atomic E-state index is 12.0. The SMILES string of the molecule is O=C1NCCCC1NC1CS(=O)(=O)c2ccccc21. The summed E-state index contributed by atoms with van der Waals surface area (Å²) in [6, 6.07) is 6.43. The zero-order valence-electron chi connectivity index (χ0n) is 10.4. The molecule has 2 aliphatic heterocycles. The van der Waals surface area contributed by atoms with Crippen LogP contribution in [0.2, 0.25) is 0 Å². The van der Waals surface area contributed by atoms with Gasteiger partial charge in [0.05, 0.1) is 16.7 Å². The van der Waals surface area contributed by atoms with Crippen molar-refractivity contribution in [2.75, 3.05) is 12.3 Å². The number of hydrogen-bond acceptors (Lipinski definition) is 4. The molecule has 0 aromatic heterocycles. The van der Waals surface area contributed by atoms with Crippen molar-refractivity contribution in [2.45, 2.75) is 29.8 Å². The molecule has 2 heterocycles. The second-order valence-electron chi connectivity index (χ2n) is 5.02. The highest BCUT2D eigenvalue weighted by molar-refractivity contribution is 7.91. The zero-order valence-corrected chi connectivity index (χ0v) is 11.2. The fourth-order valence-electron chi connectivity index (χ4n) is 2.76. The van der Waals surface area contributed by atoms with Gasteiger partial charge < -0.3 is 5.32 Å². The molecule has 19 heavy (non-hydrogen) atoms. The molecule has 1 aromatic carbocycles. The van der Waals surface area contributed by atoms with Crippen LogP contribution in [0, 0.1) is 0 Å². The van der Waals surface area contributed by atoms with Crippen molar-refractivity contribution >= 4 is 15.7 Å². The van der Waals surface area contributed by atoms with Crippen LogP contribution in [-0.2, 0) is 14.6 Å². The van der Waals surface area contributed by atoms with Gasteiger partial charge in [-0.15, -0.1) is 0 Å². The summed E-state index contributed by atoms with van der Waals surface area (Å²) in [5.41, 5.74) is 0.779. The van der Waals surface area contributed by atoms with E-state index >= 15 is 0 Å². The minimum Gasteiger partial charge on any atom is -0.355 e. The average molecular weight is 280 g/mol. The van der Waals surface area contributed by atoms with Crippen molar-refractivity contribution in [3.8, 4) is 0 Å². The highest BCUT2D eigenvalue weighted by Crippen LogP contribution is 2.33. The molecular weight excluding hydrogens is 264 g/mol. The molecule has 2 unspecified atom stereocenters. The molecule has 102 valence electrons. The third-order valence-electron chi connectivity index (χ3n) is 3.70. The lowest BCUT2D eigenvalue weighted by atomic mass is 10.0. The normalized spacial score (nSPS) is 28.7. The van der Waals surface area contributed by atoms with Gasteiger partial charge >= 0.3 is 0 Å². The number of sulfone groups is 1. The van der Waals surface area contributed by atoms with Crippen LogP contribution in [0.3, 0.4) is 0 Å². The molecule has 2 N–H and O–H groups in total. The average Bonchev–Trinajstić information content (AvgIpc) is 2.65. The predicted molar refractivity (Wildman–Crippen MR) is 70.4 cm³/mol. The molecule has 1 saturated heterocycles. The van der Waals surface area contributed by atoms with Crippen molar-refractivity contribution in [3.63, 3.8) is 0 Å². The lowest BCUT2D eigenvalue weighted by molar-refractivity contribution is -0.124. The Morgan fingerprint density at radius 2 is 2.00 bits per heavy atom. The molecule has 3 rings (SSSR count). The van der Waals surface area contributed by atoms with Crippen LogP contribution in [0.5, 0.6) is 0 Å². The van der Waals surface area contributed by atoms with Gasteiger partial charge in [0.1, 0.15) is 0 Å². The number of amides is 1. The minimum absolute atomic E-state index is 0.0342. The molecular formula is C13H16N2O3S. The maximum Gasteiger partial charge on any atom is 0.237 e. The van der Waals surface area contributed by atoms with Crippen LogP contribution in [0.1, 0.15) is 24.4 Å². The number of piperidine rings is 1. The minimum atomic E-state index is -3.22. The monoisotopic (exact) mass is 280 g/mol. The van der Waals surface area contributed by atoms with E-state index in [9.17, 15) is 13.2 Å². The Morgan fingerprint density at radius 1 is 1.21 bits per heavy atom. The lowest BCUT2D eigenvalue weighted by Crippen LogP contribution is -2.49. The van der Waals surface area contributed by atoms with E-state index in [1.54, 1.807) is 12.1 Å². The van der Waals surface area contributed by atoms with Gasteiger partial charge in [0.15, 0.2) is 9.84 Å². The summed E-state index contributed by atoms with van der Waals surface area (Å²) < 4.78 is 24.1. The van der Waals surface area contributed by atoms with E-state index in [0.29, 0.717) is 11.4 Å². The van der Waals surface area contributed by atoms with Crippen LogP contribution in [0.15, 0.2) is 29.2 Å². The number of rotatable bonds is 2. The molecule has 2 atom stereocenters. The first kappa shape index (κ1) is 12.6. The number of carbonyl (C=O) groups is 1. The third kappa shape index (κ3) is 2.26. The first-order valence-corrected chi connectivity index (χ1v) is 8.08. The van der Waals surface area contributed by atoms with E-state index in [-0.39, 0.29) is 23.7 Å². The van der Waals surface area contributed by atoms with Gasteiger partial charge in [0.25, 0.3) is 0 Å². The molecule has 2 aliphatic rings. The standard InChI is InChI=1S/C13H16N2O3S/c16-13-10(5-3-7-14-13)15-11-8-19(17,18)12-6-2-1-4-9(11)12/h1-2,4,6,10-11,15H,3,5,7-8H2,(H,14,16). The molecule has 1 aromatic rings. The van der Waals surface area contributed by atoms with Crippen LogP contribution in [-0.4, -0.2) is 32.7 Å². The summed E-state index contributed by atoms with van der Waals surface area (Å²) in [4.78, 5) is 12.1. The van der Waals surface area contributed by atoms with Crippen molar-refractivity contribution in [1.29, 1.82) is 0 Å². The molecule has 0 bridgehead atoms. The molecule has 0 saturated carbocycles. The number of carbonyl (C=O) groups excluding carboxylic acids is 1. The van der Waals surface area contributed by atoms with Crippen molar-refractivity contribution in [3.05, 3.63) is 29.8 Å². The Kier molecular flexibility index (Phi) is 3.06. The van der Waals surface area contributed by atoms with Crippen LogP contribution in [0.25, 0.3) is 0 Å². The largest absolute Gasteiger partial charge is 0.355 e. The van der Waals surface area contributed by atoms with Gasteiger partial charge in [-0.2, -0.15) is 0 Å². The van der Waals surface area contributed by atoms with Crippen molar-refractivity contribution < 1.29 is 13.2 Å². The third-order valence-corrected chi connectivity index (χ3v) is 5.52. The smallest absolute Gasteiger partial charge is 0.237 e. The first-order valence-electron chi connectivity index (χ1n) is 6.43. The molecule has 0 radical (unpaired) electrons. The number of fused-ring (bicyclic) bond motifs is 1. The lowest BCUT2D eigenvalue weighted by Gasteiger charge is -2.26. The van der Waals surface area contributed by atoms with Gasteiger partial charge in [0.2, 0.25) is 5.91 Å². The van der Waals surface area contributed by atoms with E-state index in [0.717, 1.165) is 18.4 Å². The van der Waals surface area contributed by atoms with Crippen molar-refractivity contribution in [2.24, 2.45) is 0 Å². The highest BCUT2D eigenvalue weighted by Gasteiger charge is 2.36. The summed E-state index contributed by atoms with van der Waals surface area (Å²) in [6.45, 7) is 0.705. The van der Waals surface area contributed by atoms with Crippen LogP contribution >= 0.6 is 0 Å². The molecule has 1 amide bonds. The second kappa shape index (κ2) is 4.61. The van der Waals surface area contributed by atoms with Gasteiger partial charge in [-0.1, -0.05) is 18.2 Å². The van der Waals surface area contributed by atoms with E-state index in [2.05, 4.69) is 10.6 Å². The second-order valence-corrected chi connectivity index (χ2v) is 7.03. The van der Waals surface area contributed by atoms with Crippen molar-refractivity contribution in [1.82, 2.24) is 10.6 Å². The quantitative estimate of drug-likeness (QED) is 0.821. The van der Waals surface area contributed by atoms with Gasteiger partial charge in [0, 0.05) is 12.6 Å². The molecule has 1 fully saturated rings. The van der Waals surface area contributed by atoms with E-state index < -0.39 is 9.84 Å². The molecule has 0 spiro atoms. The zero-order chi connectivity index (χ0) is 13.5. The fraction of sp³-hybridized carbons (Fsp3) is 0.462. The molecule has 6 heteroatoms. The van der Waals surface area contributed by atoms with Gasteiger partial charge in [-0.25, -0.2) is 8.42 Å². The van der Waals surface area contributed by atoms with E-state index in [1.807, 2.05) is 12.1 Å². The van der Waals surface area contributed by atoms with E-state index in [1.165, 1.54) is 0 Å². The highest BCUT2D eigenvalue weighted by atomic mass is 32.2. The summed E-state index contributed by atoms with van der Waals surface area (Å²) >= 11 is 0. The molecule has 5 nitrogen and oxygen atoms in total. The van der Waals surface area contributed by atoms with Crippen LogP contribution < -0.4 is 10.6 Å². The Morgan fingerprint density at radius 3 is 2.79 bits per heavy atom. The Bertz CT molecular complexity index is 612. The summed E-state index contributed by atoms with van der Waals surface area (Å²) in [5.74, 6) is 0.00359. The topological polar surface area (TPSA) is 75.3 Å². The Balaban J connectivity index is 1.86. The number of nitrogens with one attached hydrogen (secondary N) is 2. The van der Waals surface area contributed by atoms with Gasteiger partial charge in [-0.3, -0.25) is 10.1 Å². The summed E-state index contributed by atoms with van der Waals surface area (Å²) in [6.07, 6.45) is 1.68. The Hall–Kier alpha value is -1.40. The summed E-state index contributed by atoms with van der Waals surface area (Å²) in [5, 5.41) is 5.99. The Labute approximate surface area is 112 Å². The number of benzene rings is 1. The number of hydrogen-bond donors (Lipinski definition) is 2.